The molecular formula is C13H11BrN2O2. The molecule has 0 unspecified atom stereocenters. The molecule has 18 heavy (non-hydrogen) atoms. The van der Waals surface area contributed by atoms with Crippen LogP contribution in [0.5, 0.6) is 0 Å². The topological polar surface area (TPSA) is 55.2 Å². The summed E-state index contributed by atoms with van der Waals surface area (Å²) in [7, 11) is 0. The second kappa shape index (κ2) is 5.64. The van der Waals surface area contributed by atoms with E-state index < -0.39 is 4.92 Å². The van der Waals surface area contributed by atoms with Crippen molar-refractivity contribution in [3.63, 3.8) is 0 Å². The van der Waals surface area contributed by atoms with Gasteiger partial charge in [-0.2, -0.15) is 0 Å². The zero-order valence-corrected chi connectivity index (χ0v) is 11.1. The van der Waals surface area contributed by atoms with Crippen molar-refractivity contribution in [2.75, 3.05) is 5.32 Å². The van der Waals surface area contributed by atoms with Crippen molar-refractivity contribution < 1.29 is 4.92 Å². The quantitative estimate of drug-likeness (QED) is 0.687. The number of nitro groups is 1. The maximum Gasteiger partial charge on any atom is 0.270 e. The van der Waals surface area contributed by atoms with Gasteiger partial charge >= 0.3 is 0 Å². The van der Waals surface area contributed by atoms with Gasteiger partial charge in [0.1, 0.15) is 0 Å². The molecule has 0 heterocycles. The van der Waals surface area contributed by atoms with E-state index in [1.54, 1.807) is 6.07 Å². The summed E-state index contributed by atoms with van der Waals surface area (Å²) in [4.78, 5) is 10.2. The van der Waals surface area contributed by atoms with E-state index in [-0.39, 0.29) is 5.69 Å². The molecule has 0 spiro atoms. The molecule has 0 amide bonds. The molecule has 2 aromatic rings. The van der Waals surface area contributed by atoms with Gasteiger partial charge in [-0.05, 0) is 27.6 Å². The van der Waals surface area contributed by atoms with Crippen LogP contribution in [0.1, 0.15) is 5.56 Å². The molecule has 2 aromatic carbocycles. The first kappa shape index (κ1) is 12.6. The molecule has 0 aliphatic carbocycles. The first-order valence-corrected chi connectivity index (χ1v) is 6.18. The molecule has 5 heteroatoms. The van der Waals surface area contributed by atoms with Crippen LogP contribution in [-0.2, 0) is 6.54 Å². The van der Waals surface area contributed by atoms with Crippen LogP contribution in [0.2, 0.25) is 0 Å². The minimum absolute atomic E-state index is 0.0761. The van der Waals surface area contributed by atoms with Gasteiger partial charge in [-0.25, -0.2) is 0 Å². The van der Waals surface area contributed by atoms with Crippen LogP contribution in [0.4, 0.5) is 11.4 Å². The Hall–Kier alpha value is -1.88. The molecule has 2 rings (SSSR count). The predicted molar refractivity (Wildman–Crippen MR) is 74.6 cm³/mol. The number of non-ortho nitro benzene ring substituents is 1. The van der Waals surface area contributed by atoms with Gasteiger partial charge in [0.15, 0.2) is 0 Å². The molecule has 0 bridgehead atoms. The van der Waals surface area contributed by atoms with E-state index in [0.29, 0.717) is 11.0 Å². The van der Waals surface area contributed by atoms with Crippen molar-refractivity contribution in [3.8, 4) is 0 Å². The van der Waals surface area contributed by atoms with Crippen molar-refractivity contribution >= 4 is 27.3 Å². The van der Waals surface area contributed by atoms with Gasteiger partial charge in [0.2, 0.25) is 0 Å². The summed E-state index contributed by atoms with van der Waals surface area (Å²) < 4.78 is 0.688. The van der Waals surface area contributed by atoms with Crippen LogP contribution in [0.25, 0.3) is 0 Å². The van der Waals surface area contributed by atoms with E-state index >= 15 is 0 Å². The smallest absolute Gasteiger partial charge is 0.270 e. The molecule has 0 fully saturated rings. The molecule has 0 aliphatic rings. The first-order valence-electron chi connectivity index (χ1n) is 5.38. The third-order valence-corrected chi connectivity index (χ3v) is 3.15. The van der Waals surface area contributed by atoms with E-state index in [0.717, 1.165) is 11.3 Å². The lowest BCUT2D eigenvalue weighted by Gasteiger charge is -2.08. The van der Waals surface area contributed by atoms with E-state index in [1.165, 1.54) is 12.1 Å². The highest BCUT2D eigenvalue weighted by molar-refractivity contribution is 9.10. The minimum Gasteiger partial charge on any atom is -0.380 e. The van der Waals surface area contributed by atoms with E-state index in [1.807, 2.05) is 30.3 Å². The molecule has 0 atom stereocenters. The maximum absolute atomic E-state index is 10.6. The normalized spacial score (nSPS) is 10.1. The Morgan fingerprint density at radius 1 is 1.17 bits per heavy atom. The summed E-state index contributed by atoms with van der Waals surface area (Å²) in [5.74, 6) is 0. The summed E-state index contributed by atoms with van der Waals surface area (Å²) in [5, 5.41) is 13.8. The molecule has 0 radical (unpaired) electrons. The zero-order valence-electron chi connectivity index (χ0n) is 9.47. The highest BCUT2D eigenvalue weighted by Gasteiger charge is 2.08. The number of nitrogens with zero attached hydrogens (tertiary/aromatic N) is 1. The monoisotopic (exact) mass is 306 g/mol. The molecule has 0 saturated heterocycles. The van der Waals surface area contributed by atoms with Crippen LogP contribution >= 0.6 is 15.9 Å². The summed E-state index contributed by atoms with van der Waals surface area (Å²) in [6.45, 7) is 0.678. The second-order valence-electron chi connectivity index (χ2n) is 3.76. The number of hydrogen-bond acceptors (Lipinski definition) is 3. The molecular weight excluding hydrogens is 296 g/mol. The lowest BCUT2D eigenvalue weighted by molar-refractivity contribution is -0.384. The third kappa shape index (κ3) is 3.07. The molecule has 1 N–H and O–H groups in total. The van der Waals surface area contributed by atoms with Crippen LogP contribution < -0.4 is 5.32 Å². The van der Waals surface area contributed by atoms with E-state index in [9.17, 15) is 10.1 Å². The van der Waals surface area contributed by atoms with E-state index in [4.69, 9.17) is 0 Å². The lowest BCUT2D eigenvalue weighted by Crippen LogP contribution is -2.00. The first-order chi connectivity index (χ1) is 8.66. The summed E-state index contributed by atoms with van der Waals surface area (Å²) in [5.41, 5.74) is 2.07. The van der Waals surface area contributed by atoms with Gasteiger partial charge in [-0.15, -0.1) is 0 Å². The Morgan fingerprint density at radius 2 is 1.89 bits per heavy atom. The Labute approximate surface area is 113 Å². The summed E-state index contributed by atoms with van der Waals surface area (Å²) >= 11 is 3.32. The van der Waals surface area contributed by atoms with Gasteiger partial charge in [0, 0.05) is 28.8 Å². The number of nitrogens with one attached hydrogen (secondary N) is 1. The van der Waals surface area contributed by atoms with Gasteiger partial charge in [-0.1, -0.05) is 30.3 Å². The largest absolute Gasteiger partial charge is 0.380 e. The van der Waals surface area contributed by atoms with Crippen molar-refractivity contribution in [2.24, 2.45) is 0 Å². The Morgan fingerprint density at radius 3 is 2.50 bits per heavy atom. The Kier molecular flexibility index (Phi) is 3.94. The molecule has 4 nitrogen and oxygen atoms in total. The highest BCUT2D eigenvalue weighted by Crippen LogP contribution is 2.27. The Balaban J connectivity index is 2.08. The zero-order chi connectivity index (χ0) is 13.0. The van der Waals surface area contributed by atoms with Gasteiger partial charge < -0.3 is 5.32 Å². The fourth-order valence-electron chi connectivity index (χ4n) is 1.55. The fourth-order valence-corrected chi connectivity index (χ4v) is 2.06. The van der Waals surface area contributed by atoms with Crippen LogP contribution in [0, 0.1) is 10.1 Å². The van der Waals surface area contributed by atoms with Crippen molar-refractivity contribution in [1.29, 1.82) is 0 Å². The van der Waals surface area contributed by atoms with Crippen molar-refractivity contribution in [3.05, 3.63) is 68.7 Å². The minimum atomic E-state index is -0.411. The average molecular weight is 307 g/mol. The lowest BCUT2D eigenvalue weighted by atomic mass is 10.2. The molecule has 92 valence electrons. The SMILES string of the molecule is O=[N+]([O-])c1ccc(NCc2ccccc2)c(Br)c1. The second-order valence-corrected chi connectivity index (χ2v) is 4.61. The number of nitro benzene ring substituents is 1. The van der Waals surface area contributed by atoms with Gasteiger partial charge in [-0.3, -0.25) is 10.1 Å². The van der Waals surface area contributed by atoms with Crippen LogP contribution in [-0.4, -0.2) is 4.92 Å². The number of benzene rings is 2. The fraction of sp³-hybridized carbons (Fsp3) is 0.0769. The molecule has 0 saturated carbocycles. The maximum atomic E-state index is 10.6. The Bertz CT molecular complexity index is 558. The van der Waals surface area contributed by atoms with Gasteiger partial charge in [0.25, 0.3) is 5.69 Å². The third-order valence-electron chi connectivity index (χ3n) is 2.49. The number of hydrogen-bond donors (Lipinski definition) is 1. The summed E-state index contributed by atoms with van der Waals surface area (Å²) in [6, 6.07) is 14.6. The number of anilines is 1. The number of halogens is 1. The number of rotatable bonds is 4. The van der Waals surface area contributed by atoms with Crippen molar-refractivity contribution in [2.45, 2.75) is 6.54 Å². The van der Waals surface area contributed by atoms with Crippen molar-refractivity contribution in [1.82, 2.24) is 0 Å². The van der Waals surface area contributed by atoms with E-state index in [2.05, 4.69) is 21.2 Å². The van der Waals surface area contributed by atoms with Crippen LogP contribution in [0.15, 0.2) is 53.0 Å². The standard InChI is InChI=1S/C13H11BrN2O2/c14-12-8-11(16(17)18)6-7-13(12)15-9-10-4-2-1-3-5-10/h1-8,15H,9H2. The highest BCUT2D eigenvalue weighted by atomic mass is 79.9. The predicted octanol–water partition coefficient (Wildman–Crippen LogP) is 3.97. The summed E-state index contributed by atoms with van der Waals surface area (Å²) in [6.07, 6.45) is 0. The van der Waals surface area contributed by atoms with Crippen LogP contribution in [0.3, 0.4) is 0 Å². The molecule has 0 aliphatic heterocycles. The van der Waals surface area contributed by atoms with Gasteiger partial charge in [0.05, 0.1) is 4.92 Å². The average Bonchev–Trinajstić information content (AvgIpc) is 2.38. The molecule has 0 aromatic heterocycles.